The lowest BCUT2D eigenvalue weighted by molar-refractivity contribution is 0.140. The van der Waals surface area contributed by atoms with Gasteiger partial charge in [-0.05, 0) is 29.6 Å². The molecule has 0 aromatic heterocycles. The molecule has 0 radical (unpaired) electrons. The maximum atomic E-state index is 9.52. The molecule has 0 bridgehead atoms. The molecular weight excluding hydrogens is 172 g/mol. The molecule has 2 rings (SSSR count). The summed E-state index contributed by atoms with van der Waals surface area (Å²) in [5.74, 6) is 0.915. The fourth-order valence-corrected chi connectivity index (χ4v) is 3.43. The molecule has 2 saturated carbocycles. The van der Waals surface area contributed by atoms with Gasteiger partial charge in [-0.1, -0.05) is 46.0 Å². The summed E-state index contributed by atoms with van der Waals surface area (Å²) in [6.45, 7) is 5.04. The van der Waals surface area contributed by atoms with Crippen LogP contribution in [0.5, 0.6) is 0 Å². The van der Waals surface area contributed by atoms with Crippen molar-refractivity contribution in [2.24, 2.45) is 16.7 Å². The first kappa shape index (κ1) is 10.5. The molecule has 2 aliphatic carbocycles. The molecule has 82 valence electrons. The molecule has 2 aliphatic rings. The highest BCUT2D eigenvalue weighted by atomic mass is 16.3. The SMILES string of the molecule is CC1(C)CC1(CO)CC1CCCCC1. The molecule has 14 heavy (non-hydrogen) atoms. The van der Waals surface area contributed by atoms with E-state index in [1.165, 1.54) is 44.9 Å². The molecule has 0 heterocycles. The summed E-state index contributed by atoms with van der Waals surface area (Å²) in [6, 6.07) is 0. The van der Waals surface area contributed by atoms with Gasteiger partial charge in [0.05, 0.1) is 0 Å². The molecule has 1 nitrogen and oxygen atoms in total. The van der Waals surface area contributed by atoms with Gasteiger partial charge in [0.1, 0.15) is 0 Å². The predicted octanol–water partition coefficient (Wildman–Crippen LogP) is 3.37. The Labute approximate surface area is 87.9 Å². The summed E-state index contributed by atoms with van der Waals surface area (Å²) >= 11 is 0. The van der Waals surface area contributed by atoms with Crippen LogP contribution in [0.3, 0.4) is 0 Å². The number of hydrogen-bond acceptors (Lipinski definition) is 1. The molecule has 0 amide bonds. The van der Waals surface area contributed by atoms with Crippen molar-refractivity contribution in [3.05, 3.63) is 0 Å². The Bertz CT molecular complexity index is 203. The Morgan fingerprint density at radius 1 is 1.14 bits per heavy atom. The number of aliphatic hydroxyl groups is 1. The van der Waals surface area contributed by atoms with Crippen molar-refractivity contribution in [2.45, 2.75) is 58.8 Å². The predicted molar refractivity (Wildman–Crippen MR) is 59.1 cm³/mol. The lowest BCUT2D eigenvalue weighted by Crippen LogP contribution is -2.20. The summed E-state index contributed by atoms with van der Waals surface area (Å²) in [5.41, 5.74) is 0.716. The van der Waals surface area contributed by atoms with Crippen LogP contribution in [0.2, 0.25) is 0 Å². The van der Waals surface area contributed by atoms with Gasteiger partial charge >= 0.3 is 0 Å². The van der Waals surface area contributed by atoms with Crippen LogP contribution in [0.25, 0.3) is 0 Å². The topological polar surface area (TPSA) is 20.2 Å². The molecular formula is C13H24O. The van der Waals surface area contributed by atoms with Crippen molar-refractivity contribution in [1.82, 2.24) is 0 Å². The van der Waals surface area contributed by atoms with Crippen LogP contribution in [-0.2, 0) is 0 Å². The van der Waals surface area contributed by atoms with Gasteiger partial charge in [-0.15, -0.1) is 0 Å². The van der Waals surface area contributed by atoms with Gasteiger partial charge in [0.15, 0.2) is 0 Å². The molecule has 0 spiro atoms. The van der Waals surface area contributed by atoms with Crippen LogP contribution in [0.4, 0.5) is 0 Å². The van der Waals surface area contributed by atoms with Crippen LogP contribution >= 0.6 is 0 Å². The highest BCUT2D eigenvalue weighted by Gasteiger charge is 2.60. The Morgan fingerprint density at radius 2 is 1.71 bits per heavy atom. The Hall–Kier alpha value is -0.0400. The monoisotopic (exact) mass is 196 g/mol. The fraction of sp³-hybridized carbons (Fsp3) is 1.00. The zero-order valence-corrected chi connectivity index (χ0v) is 9.68. The maximum absolute atomic E-state index is 9.52. The summed E-state index contributed by atoms with van der Waals surface area (Å²) in [5, 5.41) is 9.52. The first-order valence-corrected chi connectivity index (χ1v) is 6.21. The molecule has 0 aromatic carbocycles. The summed E-state index contributed by atoms with van der Waals surface area (Å²) < 4.78 is 0. The van der Waals surface area contributed by atoms with Gasteiger partial charge in [-0.25, -0.2) is 0 Å². The van der Waals surface area contributed by atoms with E-state index in [1.807, 2.05) is 0 Å². The van der Waals surface area contributed by atoms with E-state index in [9.17, 15) is 5.11 Å². The second kappa shape index (κ2) is 3.52. The largest absolute Gasteiger partial charge is 0.396 e. The van der Waals surface area contributed by atoms with Crippen molar-refractivity contribution >= 4 is 0 Å². The third-order valence-electron chi connectivity index (χ3n) is 4.80. The molecule has 1 heteroatoms. The number of rotatable bonds is 3. The molecule has 0 aromatic rings. The quantitative estimate of drug-likeness (QED) is 0.734. The average molecular weight is 196 g/mol. The van der Waals surface area contributed by atoms with Crippen LogP contribution < -0.4 is 0 Å². The lowest BCUT2D eigenvalue weighted by atomic mass is 9.79. The molecule has 1 atom stereocenters. The maximum Gasteiger partial charge on any atom is 0.0492 e. The van der Waals surface area contributed by atoms with Gasteiger partial charge in [0.25, 0.3) is 0 Å². The standard InChI is InChI=1S/C13H24O/c1-12(2)9-13(12,10-14)8-11-6-4-3-5-7-11/h11,14H,3-10H2,1-2H3. The normalized spacial score (nSPS) is 37.1. The molecule has 0 aliphatic heterocycles. The minimum Gasteiger partial charge on any atom is -0.396 e. The minimum absolute atomic E-state index is 0.301. The highest BCUT2D eigenvalue weighted by Crippen LogP contribution is 2.66. The molecule has 0 saturated heterocycles. The third-order valence-corrected chi connectivity index (χ3v) is 4.80. The Kier molecular flexibility index (Phi) is 2.63. The van der Waals surface area contributed by atoms with Crippen molar-refractivity contribution < 1.29 is 5.11 Å². The van der Waals surface area contributed by atoms with E-state index in [-0.39, 0.29) is 0 Å². The van der Waals surface area contributed by atoms with E-state index in [1.54, 1.807) is 0 Å². The van der Waals surface area contributed by atoms with Gasteiger partial charge in [-0.3, -0.25) is 0 Å². The van der Waals surface area contributed by atoms with Crippen LogP contribution in [0.1, 0.15) is 58.8 Å². The second-order valence-electron chi connectivity index (χ2n) is 6.21. The molecule has 1 unspecified atom stereocenters. The van der Waals surface area contributed by atoms with Crippen LogP contribution in [-0.4, -0.2) is 11.7 Å². The van der Waals surface area contributed by atoms with E-state index in [4.69, 9.17) is 0 Å². The van der Waals surface area contributed by atoms with Crippen molar-refractivity contribution in [3.8, 4) is 0 Å². The highest BCUT2D eigenvalue weighted by molar-refractivity contribution is 5.09. The first-order chi connectivity index (χ1) is 6.60. The van der Waals surface area contributed by atoms with Crippen molar-refractivity contribution in [1.29, 1.82) is 0 Å². The Balaban J connectivity index is 1.89. The molecule has 1 N–H and O–H groups in total. The number of hydrogen-bond donors (Lipinski definition) is 1. The lowest BCUT2D eigenvalue weighted by Gasteiger charge is -2.27. The zero-order chi connectivity index (χ0) is 10.2. The average Bonchev–Trinajstić information content (AvgIpc) is 2.70. The van der Waals surface area contributed by atoms with Crippen LogP contribution in [0, 0.1) is 16.7 Å². The summed E-state index contributed by atoms with van der Waals surface area (Å²) in [7, 11) is 0. The van der Waals surface area contributed by atoms with Gasteiger partial charge in [-0.2, -0.15) is 0 Å². The van der Waals surface area contributed by atoms with Crippen molar-refractivity contribution in [2.75, 3.05) is 6.61 Å². The van der Waals surface area contributed by atoms with E-state index < -0.39 is 0 Å². The van der Waals surface area contributed by atoms with Crippen molar-refractivity contribution in [3.63, 3.8) is 0 Å². The zero-order valence-electron chi connectivity index (χ0n) is 9.68. The van der Waals surface area contributed by atoms with Gasteiger partial charge in [0.2, 0.25) is 0 Å². The van der Waals surface area contributed by atoms with Gasteiger partial charge in [0, 0.05) is 6.61 Å². The second-order valence-corrected chi connectivity index (χ2v) is 6.21. The minimum atomic E-state index is 0.301. The Morgan fingerprint density at radius 3 is 2.14 bits per heavy atom. The van der Waals surface area contributed by atoms with E-state index in [0.717, 1.165) is 5.92 Å². The molecule has 2 fully saturated rings. The van der Waals surface area contributed by atoms with Gasteiger partial charge < -0.3 is 5.11 Å². The first-order valence-electron chi connectivity index (χ1n) is 6.21. The third kappa shape index (κ3) is 1.71. The smallest absolute Gasteiger partial charge is 0.0492 e. The van der Waals surface area contributed by atoms with E-state index in [2.05, 4.69) is 13.8 Å². The summed E-state index contributed by atoms with van der Waals surface area (Å²) in [6.07, 6.45) is 9.64. The summed E-state index contributed by atoms with van der Waals surface area (Å²) in [4.78, 5) is 0. The van der Waals surface area contributed by atoms with E-state index in [0.29, 0.717) is 17.4 Å². The fourth-order valence-electron chi connectivity index (χ4n) is 3.43. The van der Waals surface area contributed by atoms with E-state index >= 15 is 0 Å². The number of aliphatic hydroxyl groups excluding tert-OH is 1. The van der Waals surface area contributed by atoms with Crippen LogP contribution in [0.15, 0.2) is 0 Å².